The van der Waals surface area contributed by atoms with E-state index < -0.39 is 46.9 Å². The average Bonchev–Trinajstić information content (AvgIpc) is 3.40. The highest BCUT2D eigenvalue weighted by Crippen LogP contribution is 2.57. The van der Waals surface area contributed by atoms with Crippen LogP contribution in [0.2, 0.25) is 0 Å². The van der Waals surface area contributed by atoms with Gasteiger partial charge in [0, 0.05) is 14.7 Å². The number of ketones is 2. The fourth-order valence-electron chi connectivity index (χ4n) is 5.42. The van der Waals surface area contributed by atoms with E-state index in [1.165, 1.54) is 0 Å². The molecule has 2 aliphatic heterocycles. The number of hydrogen-bond donors (Lipinski definition) is 0. The number of hydrogen-bond acceptors (Lipinski definition) is 5. The van der Waals surface area contributed by atoms with Crippen molar-refractivity contribution in [3.63, 3.8) is 0 Å². The van der Waals surface area contributed by atoms with E-state index in [2.05, 4.69) is 22.6 Å². The molecule has 0 N–H and O–H groups in total. The molecule has 168 valence electrons. The van der Waals surface area contributed by atoms with Crippen molar-refractivity contribution in [1.29, 1.82) is 0 Å². The number of amides is 2. The maximum Gasteiger partial charge on any atom is 0.241 e. The van der Waals surface area contributed by atoms with Gasteiger partial charge >= 0.3 is 0 Å². The molecule has 3 aliphatic rings. The number of halogens is 1. The van der Waals surface area contributed by atoms with Crippen LogP contribution >= 0.6 is 22.6 Å². The van der Waals surface area contributed by atoms with Crippen LogP contribution in [0.1, 0.15) is 37.9 Å². The Balaban J connectivity index is 1.54. The number of Topliss-reactive ketones (excluding diaryl/α,β-unsaturated/α-hetero) is 2. The lowest BCUT2D eigenvalue weighted by Gasteiger charge is -2.27. The molecule has 0 aromatic heterocycles. The van der Waals surface area contributed by atoms with E-state index in [0.717, 1.165) is 14.0 Å². The standard InChI is InChI=1S/C27H18INO5/c1-14-6-8-15(9-7-14)22-20-21(26(33)29(25(20)32)17-12-10-16(28)11-13-17)27(34-22)23(30)18-4-2-3-5-19(18)24(27)31/h2-13,20-22H,1H3. The lowest BCUT2D eigenvalue weighted by Crippen LogP contribution is -2.51. The van der Waals surface area contributed by atoms with Gasteiger partial charge in [-0.15, -0.1) is 0 Å². The summed E-state index contributed by atoms with van der Waals surface area (Å²) in [6.45, 7) is 1.94. The zero-order valence-corrected chi connectivity index (χ0v) is 20.2. The molecule has 3 aromatic carbocycles. The highest BCUT2D eigenvalue weighted by molar-refractivity contribution is 14.1. The Hall–Kier alpha value is -3.17. The van der Waals surface area contributed by atoms with Crippen molar-refractivity contribution in [2.45, 2.75) is 18.6 Å². The number of rotatable bonds is 2. The van der Waals surface area contributed by atoms with E-state index in [4.69, 9.17) is 4.74 Å². The summed E-state index contributed by atoms with van der Waals surface area (Å²) in [4.78, 5) is 56.1. The molecule has 3 atom stereocenters. The van der Waals surface area contributed by atoms with Crippen molar-refractivity contribution in [2.75, 3.05) is 4.90 Å². The summed E-state index contributed by atoms with van der Waals surface area (Å²) in [6, 6.07) is 20.9. The maximum atomic E-state index is 13.8. The minimum Gasteiger partial charge on any atom is -0.349 e. The first kappa shape index (κ1) is 21.4. The van der Waals surface area contributed by atoms with Crippen molar-refractivity contribution >= 4 is 51.7 Å². The fraction of sp³-hybridized carbons (Fsp3) is 0.185. The van der Waals surface area contributed by atoms with Crippen molar-refractivity contribution in [3.05, 3.63) is 98.6 Å². The van der Waals surface area contributed by atoms with Gasteiger partial charge in [-0.3, -0.25) is 19.2 Å². The quantitative estimate of drug-likeness (QED) is 0.264. The molecule has 2 saturated heterocycles. The highest BCUT2D eigenvalue weighted by Gasteiger charge is 2.74. The van der Waals surface area contributed by atoms with Crippen LogP contribution in [0.4, 0.5) is 5.69 Å². The first-order valence-corrected chi connectivity index (χ1v) is 12.0. The number of ether oxygens (including phenoxy) is 1. The average molecular weight is 563 g/mol. The van der Waals surface area contributed by atoms with E-state index in [1.54, 1.807) is 48.5 Å². The van der Waals surface area contributed by atoms with Crippen molar-refractivity contribution < 1.29 is 23.9 Å². The van der Waals surface area contributed by atoms with Gasteiger partial charge in [0.05, 0.1) is 23.6 Å². The van der Waals surface area contributed by atoms with Gasteiger partial charge in [0.1, 0.15) is 0 Å². The molecule has 0 saturated carbocycles. The Labute approximate surface area is 209 Å². The number of imide groups is 1. The fourth-order valence-corrected chi connectivity index (χ4v) is 5.78. The first-order valence-electron chi connectivity index (χ1n) is 10.9. The molecule has 0 radical (unpaired) electrons. The van der Waals surface area contributed by atoms with Crippen LogP contribution in [-0.2, 0) is 14.3 Å². The molecule has 1 spiro atoms. The number of aryl methyl sites for hydroxylation is 1. The molecule has 2 heterocycles. The third-order valence-electron chi connectivity index (χ3n) is 7.01. The SMILES string of the molecule is Cc1ccc(C2OC3(C(=O)c4ccccc4C3=O)C3C(=O)N(c4ccc(I)cc4)C(=O)C23)cc1. The normalized spacial score (nSPS) is 24.8. The van der Waals surface area contributed by atoms with E-state index in [1.807, 2.05) is 31.2 Å². The molecule has 7 heteroatoms. The van der Waals surface area contributed by atoms with Crippen LogP contribution in [0.3, 0.4) is 0 Å². The zero-order chi connectivity index (χ0) is 23.8. The number of carbonyl (C=O) groups is 4. The number of fused-ring (bicyclic) bond motifs is 3. The van der Waals surface area contributed by atoms with E-state index in [-0.39, 0.29) is 11.1 Å². The van der Waals surface area contributed by atoms with E-state index in [0.29, 0.717) is 11.3 Å². The summed E-state index contributed by atoms with van der Waals surface area (Å²) in [7, 11) is 0. The molecule has 0 bridgehead atoms. The second kappa shape index (κ2) is 7.41. The third-order valence-corrected chi connectivity index (χ3v) is 7.73. The van der Waals surface area contributed by atoms with Gasteiger partial charge in [-0.2, -0.15) is 0 Å². The van der Waals surface area contributed by atoms with E-state index in [9.17, 15) is 19.2 Å². The van der Waals surface area contributed by atoms with Gasteiger partial charge < -0.3 is 4.74 Å². The van der Waals surface area contributed by atoms with Gasteiger partial charge in [0.2, 0.25) is 29.0 Å². The van der Waals surface area contributed by atoms with Gasteiger partial charge in [-0.25, -0.2) is 4.90 Å². The van der Waals surface area contributed by atoms with Crippen LogP contribution in [0, 0.1) is 22.3 Å². The van der Waals surface area contributed by atoms with Crippen LogP contribution in [0.25, 0.3) is 0 Å². The minimum atomic E-state index is -2.05. The van der Waals surface area contributed by atoms with Gasteiger partial charge in [-0.05, 0) is 59.3 Å². The molecule has 1 aliphatic carbocycles. The zero-order valence-electron chi connectivity index (χ0n) is 18.0. The minimum absolute atomic E-state index is 0.226. The molecule has 6 rings (SSSR count). The third kappa shape index (κ3) is 2.71. The Bertz CT molecular complexity index is 1360. The molecule has 6 nitrogen and oxygen atoms in total. The molecular weight excluding hydrogens is 545 g/mol. The maximum absolute atomic E-state index is 13.8. The summed E-state index contributed by atoms with van der Waals surface area (Å²) in [5, 5.41) is 0. The first-order chi connectivity index (χ1) is 16.3. The van der Waals surface area contributed by atoms with Crippen LogP contribution in [0.5, 0.6) is 0 Å². The summed E-state index contributed by atoms with van der Waals surface area (Å²) in [5.74, 6) is -4.38. The molecule has 2 amide bonds. The second-order valence-corrected chi connectivity index (χ2v) is 10.1. The Morgan fingerprint density at radius 2 is 1.38 bits per heavy atom. The molecule has 3 aromatic rings. The summed E-state index contributed by atoms with van der Waals surface area (Å²) < 4.78 is 7.24. The molecule has 3 unspecified atom stereocenters. The number of carbonyl (C=O) groups excluding carboxylic acids is 4. The molecule has 2 fully saturated rings. The molecule has 34 heavy (non-hydrogen) atoms. The Kier molecular flexibility index (Phi) is 4.66. The van der Waals surface area contributed by atoms with Gasteiger partial charge in [-0.1, -0.05) is 54.1 Å². The lowest BCUT2D eigenvalue weighted by molar-refractivity contribution is -0.127. The van der Waals surface area contributed by atoms with Crippen LogP contribution in [0.15, 0.2) is 72.8 Å². The van der Waals surface area contributed by atoms with Gasteiger partial charge in [0.25, 0.3) is 0 Å². The number of nitrogens with zero attached hydrogens (tertiary/aromatic N) is 1. The Morgan fingerprint density at radius 3 is 1.97 bits per heavy atom. The predicted molar refractivity (Wildman–Crippen MR) is 131 cm³/mol. The van der Waals surface area contributed by atoms with E-state index >= 15 is 0 Å². The molecular formula is C27H18INO5. The lowest BCUT2D eigenvalue weighted by atomic mass is 9.77. The largest absolute Gasteiger partial charge is 0.349 e. The predicted octanol–water partition coefficient (Wildman–Crippen LogP) is 4.29. The summed E-state index contributed by atoms with van der Waals surface area (Å²) >= 11 is 2.14. The van der Waals surface area contributed by atoms with Crippen LogP contribution < -0.4 is 4.90 Å². The summed E-state index contributed by atoms with van der Waals surface area (Å²) in [6.07, 6.45) is -0.905. The second-order valence-electron chi connectivity index (χ2n) is 8.88. The topological polar surface area (TPSA) is 80.8 Å². The monoisotopic (exact) mass is 563 g/mol. The van der Waals surface area contributed by atoms with Crippen molar-refractivity contribution in [3.8, 4) is 0 Å². The van der Waals surface area contributed by atoms with Crippen molar-refractivity contribution in [1.82, 2.24) is 0 Å². The highest BCUT2D eigenvalue weighted by atomic mass is 127. The van der Waals surface area contributed by atoms with Gasteiger partial charge in [0.15, 0.2) is 0 Å². The summed E-state index contributed by atoms with van der Waals surface area (Å²) in [5.41, 5.74) is 0.488. The number of anilines is 1. The van der Waals surface area contributed by atoms with Crippen molar-refractivity contribution in [2.24, 2.45) is 11.8 Å². The number of benzene rings is 3. The van der Waals surface area contributed by atoms with Crippen LogP contribution in [-0.4, -0.2) is 29.0 Å². The Morgan fingerprint density at radius 1 is 0.794 bits per heavy atom. The smallest absolute Gasteiger partial charge is 0.241 e.